The largest absolute Gasteiger partial charge is 0.304 e. The van der Waals surface area contributed by atoms with E-state index in [-0.39, 0.29) is 0 Å². The Kier molecular flexibility index (Phi) is 5.68. The van der Waals surface area contributed by atoms with Gasteiger partial charge in [-0.2, -0.15) is 0 Å². The highest BCUT2D eigenvalue weighted by Crippen LogP contribution is 2.45. The average molecular weight is 520 g/mol. The van der Waals surface area contributed by atoms with Crippen LogP contribution in [0, 0.1) is 0 Å². The molecule has 0 fully saturated rings. The van der Waals surface area contributed by atoms with Crippen LogP contribution in [-0.4, -0.2) is 14.5 Å². The molecule has 0 unspecified atom stereocenters. The van der Waals surface area contributed by atoms with Gasteiger partial charge in [-0.25, -0.2) is 9.97 Å². The molecule has 0 aliphatic carbocycles. The molecule has 7 rings (SSSR count). The Morgan fingerprint density at radius 3 is 2.28 bits per heavy atom. The van der Waals surface area contributed by atoms with Gasteiger partial charge in [-0.1, -0.05) is 110 Å². The fourth-order valence-corrected chi connectivity index (χ4v) is 6.72. The van der Waals surface area contributed by atoms with Gasteiger partial charge in [0, 0.05) is 26.6 Å². The summed E-state index contributed by atoms with van der Waals surface area (Å²) in [5, 5.41) is 2.44. The second-order valence-electron chi connectivity index (χ2n) is 9.44. The maximum atomic E-state index is 5.18. The summed E-state index contributed by atoms with van der Waals surface area (Å²) < 4.78 is 4.86. The number of allylic oxidation sites excluding steroid dienone is 1. The lowest BCUT2D eigenvalue weighted by Gasteiger charge is -2.15. The summed E-state index contributed by atoms with van der Waals surface area (Å²) in [4.78, 5) is 10.1. The third-order valence-corrected chi connectivity index (χ3v) is 8.34. The van der Waals surface area contributed by atoms with Gasteiger partial charge in [0.1, 0.15) is 0 Å². The fraction of sp³-hybridized carbons (Fsp3) is 0.0286. The normalized spacial score (nSPS) is 11.7. The Morgan fingerprint density at radius 2 is 1.54 bits per heavy atom. The predicted octanol–water partition coefficient (Wildman–Crippen LogP) is 9.80. The molecule has 0 amide bonds. The molecular weight excluding hydrogens is 494 g/mol. The molecule has 0 bridgehead atoms. The molecule has 0 saturated carbocycles. The van der Waals surface area contributed by atoms with Crippen molar-refractivity contribution in [1.82, 2.24) is 14.5 Å². The van der Waals surface area contributed by atoms with Gasteiger partial charge in [0.25, 0.3) is 0 Å². The van der Waals surface area contributed by atoms with E-state index in [0.29, 0.717) is 5.82 Å². The summed E-state index contributed by atoms with van der Waals surface area (Å²) in [6.07, 6.45) is 8.20. The lowest BCUT2D eigenvalue weighted by molar-refractivity contribution is 1.09. The summed E-state index contributed by atoms with van der Waals surface area (Å²) in [6, 6.07) is 33.6. The summed E-state index contributed by atoms with van der Waals surface area (Å²) in [5.74, 6) is 0.711. The third-order valence-electron chi connectivity index (χ3n) is 7.16. The summed E-state index contributed by atoms with van der Waals surface area (Å²) in [6.45, 7) is 6.26. The number of benzene rings is 4. The second kappa shape index (κ2) is 9.50. The summed E-state index contributed by atoms with van der Waals surface area (Å²) in [5.41, 5.74) is 8.51. The van der Waals surface area contributed by atoms with Gasteiger partial charge in [-0.3, -0.25) is 0 Å². The van der Waals surface area contributed by atoms with Gasteiger partial charge in [0.2, 0.25) is 0 Å². The maximum absolute atomic E-state index is 5.18. The Morgan fingerprint density at radius 1 is 0.821 bits per heavy atom. The number of nitrogens with zero attached hydrogens (tertiary/aromatic N) is 3. The van der Waals surface area contributed by atoms with Gasteiger partial charge in [0.15, 0.2) is 5.82 Å². The van der Waals surface area contributed by atoms with Crippen molar-refractivity contribution in [3.8, 4) is 28.3 Å². The molecule has 0 atom stereocenters. The van der Waals surface area contributed by atoms with Crippen LogP contribution in [0.5, 0.6) is 0 Å². The van der Waals surface area contributed by atoms with E-state index in [4.69, 9.17) is 9.97 Å². The zero-order valence-corrected chi connectivity index (χ0v) is 22.3. The zero-order chi connectivity index (χ0) is 26.3. The molecule has 7 aromatic rings. The van der Waals surface area contributed by atoms with Crippen LogP contribution in [0.2, 0.25) is 0 Å². The van der Waals surface area contributed by atoms with Crippen molar-refractivity contribution in [1.29, 1.82) is 0 Å². The van der Waals surface area contributed by atoms with E-state index in [0.717, 1.165) is 39.2 Å². The molecule has 0 aliphatic rings. The van der Waals surface area contributed by atoms with E-state index in [1.807, 2.05) is 47.9 Å². The first kappa shape index (κ1) is 23.3. The molecule has 0 saturated heterocycles. The molecule has 4 aromatic carbocycles. The maximum Gasteiger partial charge on any atom is 0.159 e. The first-order valence-electron chi connectivity index (χ1n) is 13.0. The predicted molar refractivity (Wildman–Crippen MR) is 167 cm³/mol. The molecule has 186 valence electrons. The number of aromatic nitrogens is 3. The number of hydrogen-bond donors (Lipinski definition) is 0. The number of rotatable bonds is 5. The third kappa shape index (κ3) is 3.72. The molecule has 0 radical (unpaired) electrons. The average Bonchev–Trinajstić information content (AvgIpc) is 3.52. The lowest BCUT2D eigenvalue weighted by Crippen LogP contribution is -2.03. The van der Waals surface area contributed by atoms with Gasteiger partial charge < -0.3 is 4.57 Å². The van der Waals surface area contributed by atoms with Crippen LogP contribution in [-0.2, 0) is 0 Å². The van der Waals surface area contributed by atoms with Crippen molar-refractivity contribution in [3.63, 3.8) is 0 Å². The van der Waals surface area contributed by atoms with Gasteiger partial charge in [-0.05, 0) is 30.2 Å². The smallest absolute Gasteiger partial charge is 0.159 e. The van der Waals surface area contributed by atoms with E-state index >= 15 is 0 Å². The van der Waals surface area contributed by atoms with Crippen LogP contribution in [0.15, 0.2) is 116 Å². The van der Waals surface area contributed by atoms with Crippen molar-refractivity contribution in [2.75, 3.05) is 0 Å². The van der Waals surface area contributed by atoms with Crippen LogP contribution >= 0.6 is 11.3 Å². The topological polar surface area (TPSA) is 30.7 Å². The van der Waals surface area contributed by atoms with Crippen LogP contribution in [0.25, 0.3) is 71.7 Å². The molecular formula is C35H25N3S. The Labute approximate surface area is 231 Å². The van der Waals surface area contributed by atoms with Crippen LogP contribution in [0.4, 0.5) is 0 Å². The molecule has 0 N–H and O–H groups in total. The minimum atomic E-state index is 0.711. The molecule has 3 aromatic heterocycles. The quantitative estimate of drug-likeness (QED) is 0.227. The van der Waals surface area contributed by atoms with Crippen molar-refractivity contribution >= 4 is 54.7 Å². The Bertz CT molecular complexity index is 2030. The highest BCUT2D eigenvalue weighted by Gasteiger charge is 2.23. The molecule has 3 nitrogen and oxygen atoms in total. The number of hydrogen-bond acceptors (Lipinski definition) is 3. The van der Waals surface area contributed by atoms with E-state index in [1.165, 1.54) is 25.7 Å². The first-order chi connectivity index (χ1) is 19.3. The second-order valence-corrected chi connectivity index (χ2v) is 10.5. The van der Waals surface area contributed by atoms with Crippen LogP contribution in [0.1, 0.15) is 18.1 Å². The van der Waals surface area contributed by atoms with E-state index in [1.54, 1.807) is 0 Å². The Hall–Kier alpha value is -4.80. The number of thiophene rings is 1. The van der Waals surface area contributed by atoms with Gasteiger partial charge in [0.05, 0.1) is 33.3 Å². The van der Waals surface area contributed by atoms with Crippen LogP contribution < -0.4 is 0 Å². The standard InChI is InChI=1S/C35H25N3S/c1-3-13-23-20-21-28-31(26(23)4-2)34-33(27-18-11-12-19-30(27)39-34)38(28)29-22-36-35(25-16-9-6-10-17-25)37-32(29)24-14-7-5-8-15-24/h3-22H,2H2,1H3/b13-3-. The van der Waals surface area contributed by atoms with E-state index < -0.39 is 0 Å². The van der Waals surface area contributed by atoms with Crippen LogP contribution in [0.3, 0.4) is 0 Å². The molecule has 0 spiro atoms. The van der Waals surface area contributed by atoms with Crippen molar-refractivity contribution < 1.29 is 0 Å². The lowest BCUT2D eigenvalue weighted by atomic mass is 10.0. The summed E-state index contributed by atoms with van der Waals surface area (Å²) >= 11 is 1.83. The minimum Gasteiger partial charge on any atom is -0.304 e. The van der Waals surface area contributed by atoms with E-state index in [2.05, 4.69) is 103 Å². The zero-order valence-electron chi connectivity index (χ0n) is 21.5. The fourth-order valence-electron chi connectivity index (χ4n) is 5.46. The minimum absolute atomic E-state index is 0.711. The summed E-state index contributed by atoms with van der Waals surface area (Å²) in [7, 11) is 0. The van der Waals surface area contributed by atoms with Crippen molar-refractivity contribution in [3.05, 3.63) is 127 Å². The molecule has 3 heterocycles. The molecule has 4 heteroatoms. The molecule has 39 heavy (non-hydrogen) atoms. The van der Waals surface area contributed by atoms with E-state index in [9.17, 15) is 0 Å². The SMILES string of the molecule is C=Cc1c(/C=C\C)ccc2c1c1sc3ccccc3c1n2-c1cnc(-c2ccccc2)nc1-c1ccccc1. The first-order valence-corrected chi connectivity index (χ1v) is 13.8. The highest BCUT2D eigenvalue weighted by molar-refractivity contribution is 7.26. The van der Waals surface area contributed by atoms with Crippen molar-refractivity contribution in [2.45, 2.75) is 6.92 Å². The number of fused-ring (bicyclic) bond motifs is 5. The van der Waals surface area contributed by atoms with Gasteiger partial charge >= 0.3 is 0 Å². The van der Waals surface area contributed by atoms with Gasteiger partial charge in [-0.15, -0.1) is 11.3 Å². The Balaban J connectivity index is 1.64. The molecule has 0 aliphatic heterocycles. The monoisotopic (exact) mass is 519 g/mol. The van der Waals surface area contributed by atoms with Crippen molar-refractivity contribution in [2.24, 2.45) is 0 Å². The highest BCUT2D eigenvalue weighted by atomic mass is 32.1.